The smallest absolute Gasteiger partial charge is 0.0862 e. The van der Waals surface area contributed by atoms with E-state index in [0.29, 0.717) is 12.1 Å². The molecule has 2 atom stereocenters. The molecule has 0 aromatic rings. The first-order valence-corrected chi connectivity index (χ1v) is 5.57. The number of rotatable bonds is 1. The van der Waals surface area contributed by atoms with Crippen LogP contribution in [0.25, 0.3) is 0 Å². The second-order valence-electron chi connectivity index (χ2n) is 5.27. The molecule has 1 saturated carbocycles. The average Bonchev–Trinajstić information content (AvgIpc) is 2.89. The fourth-order valence-electron chi connectivity index (χ4n) is 3.32. The summed E-state index contributed by atoms with van der Waals surface area (Å²) in [7, 11) is 0. The highest BCUT2D eigenvalue weighted by atomic mass is 16.3. The molecule has 0 aromatic carbocycles. The van der Waals surface area contributed by atoms with E-state index in [4.69, 9.17) is 5.26 Å². The average molecular weight is 192 g/mol. The van der Waals surface area contributed by atoms with Crippen LogP contribution in [0.5, 0.6) is 0 Å². The Hall–Kier alpha value is -0.590. The normalized spacial score (nSPS) is 48.6. The molecule has 2 saturated heterocycles. The van der Waals surface area contributed by atoms with Crippen LogP contribution in [-0.4, -0.2) is 22.8 Å². The third-order valence-corrected chi connectivity index (χ3v) is 4.36. The first-order chi connectivity index (χ1) is 6.67. The van der Waals surface area contributed by atoms with Gasteiger partial charge in [-0.2, -0.15) is 5.26 Å². The van der Waals surface area contributed by atoms with Crippen molar-refractivity contribution in [2.24, 2.45) is 5.41 Å². The minimum atomic E-state index is -0.682. The zero-order valence-electron chi connectivity index (χ0n) is 8.29. The maximum absolute atomic E-state index is 10.6. The van der Waals surface area contributed by atoms with Crippen LogP contribution in [0.3, 0.4) is 0 Å². The second-order valence-corrected chi connectivity index (χ2v) is 5.27. The van der Waals surface area contributed by atoms with Crippen LogP contribution in [-0.2, 0) is 0 Å². The van der Waals surface area contributed by atoms with Crippen LogP contribution in [0.2, 0.25) is 0 Å². The predicted molar refractivity (Wildman–Crippen MR) is 51.4 cm³/mol. The Kier molecular flexibility index (Phi) is 1.55. The first kappa shape index (κ1) is 8.70. The molecule has 3 aliphatic rings. The number of hydrogen-bond acceptors (Lipinski definition) is 3. The topological polar surface area (TPSA) is 56.0 Å². The van der Waals surface area contributed by atoms with Gasteiger partial charge < -0.3 is 10.4 Å². The number of nitrogens with zero attached hydrogens (tertiary/aromatic N) is 1. The number of piperidine rings is 1. The summed E-state index contributed by atoms with van der Waals surface area (Å²) in [5.74, 6) is 0. The van der Waals surface area contributed by atoms with Gasteiger partial charge in [0.2, 0.25) is 0 Å². The summed E-state index contributed by atoms with van der Waals surface area (Å²) in [5, 5.41) is 23.2. The van der Waals surface area contributed by atoms with Crippen LogP contribution < -0.4 is 5.32 Å². The molecule has 76 valence electrons. The third kappa shape index (κ3) is 0.986. The molecule has 3 rings (SSSR count). The summed E-state index contributed by atoms with van der Waals surface area (Å²) < 4.78 is 0. The summed E-state index contributed by atoms with van der Waals surface area (Å²) in [6.07, 6.45) is 5.73. The summed E-state index contributed by atoms with van der Waals surface area (Å²) in [6.45, 7) is 0. The van der Waals surface area contributed by atoms with Gasteiger partial charge in [-0.05, 0) is 38.5 Å². The van der Waals surface area contributed by atoms with Gasteiger partial charge in [0.15, 0.2) is 0 Å². The third-order valence-electron chi connectivity index (χ3n) is 4.36. The van der Waals surface area contributed by atoms with Gasteiger partial charge >= 0.3 is 0 Å². The molecular formula is C11H16N2O. The van der Waals surface area contributed by atoms with Gasteiger partial charge in [0, 0.05) is 12.1 Å². The molecule has 1 aliphatic carbocycles. The van der Waals surface area contributed by atoms with Gasteiger partial charge in [-0.3, -0.25) is 0 Å². The molecule has 2 aliphatic heterocycles. The highest BCUT2D eigenvalue weighted by Gasteiger charge is 2.62. The van der Waals surface area contributed by atoms with Crippen LogP contribution >= 0.6 is 0 Å². The number of aliphatic hydroxyl groups is 1. The van der Waals surface area contributed by atoms with Crippen molar-refractivity contribution in [2.45, 2.75) is 56.2 Å². The van der Waals surface area contributed by atoms with E-state index < -0.39 is 5.60 Å². The molecule has 3 heteroatoms. The highest BCUT2D eigenvalue weighted by Crippen LogP contribution is 2.58. The minimum Gasteiger partial charge on any atom is -0.388 e. The SMILES string of the molecule is N#CC1(C2(O)CC3CCC(C2)N3)CC1. The first-order valence-electron chi connectivity index (χ1n) is 5.57. The minimum absolute atomic E-state index is 0.379. The van der Waals surface area contributed by atoms with E-state index in [1.165, 1.54) is 12.8 Å². The second kappa shape index (κ2) is 2.50. The Labute approximate surface area is 84.1 Å². The molecule has 14 heavy (non-hydrogen) atoms. The Bertz CT molecular complexity index is 291. The summed E-state index contributed by atoms with van der Waals surface area (Å²) >= 11 is 0. The van der Waals surface area contributed by atoms with E-state index in [9.17, 15) is 5.11 Å². The predicted octanol–water partition coefficient (Wildman–Crippen LogP) is 0.936. The van der Waals surface area contributed by atoms with Crippen molar-refractivity contribution in [1.82, 2.24) is 5.32 Å². The molecule has 0 spiro atoms. The Balaban J connectivity index is 1.88. The number of nitrogens with one attached hydrogen (secondary N) is 1. The molecule has 3 fully saturated rings. The van der Waals surface area contributed by atoms with Gasteiger partial charge in [-0.15, -0.1) is 0 Å². The molecule has 0 amide bonds. The van der Waals surface area contributed by atoms with Crippen LogP contribution in [0.1, 0.15) is 38.5 Å². The van der Waals surface area contributed by atoms with E-state index in [2.05, 4.69) is 11.4 Å². The number of hydrogen-bond donors (Lipinski definition) is 2. The van der Waals surface area contributed by atoms with E-state index in [1.807, 2.05) is 0 Å². The van der Waals surface area contributed by atoms with Crippen molar-refractivity contribution >= 4 is 0 Å². The van der Waals surface area contributed by atoms with Crippen molar-refractivity contribution in [3.63, 3.8) is 0 Å². The highest BCUT2D eigenvalue weighted by molar-refractivity contribution is 5.23. The lowest BCUT2D eigenvalue weighted by molar-refractivity contribution is -0.0502. The van der Waals surface area contributed by atoms with Crippen molar-refractivity contribution in [2.75, 3.05) is 0 Å². The van der Waals surface area contributed by atoms with Crippen molar-refractivity contribution in [1.29, 1.82) is 5.26 Å². The van der Waals surface area contributed by atoms with Crippen LogP contribution in [0, 0.1) is 16.7 Å². The maximum atomic E-state index is 10.6. The van der Waals surface area contributed by atoms with Gasteiger partial charge in [0.25, 0.3) is 0 Å². The van der Waals surface area contributed by atoms with Gasteiger partial charge in [-0.25, -0.2) is 0 Å². The molecule has 2 heterocycles. The Morgan fingerprint density at radius 2 is 1.79 bits per heavy atom. The molecule has 0 radical (unpaired) electrons. The standard InChI is InChI=1S/C11H16N2O/c12-7-10(3-4-10)11(14)5-8-1-2-9(6-11)13-8/h8-9,13-14H,1-6H2. The largest absolute Gasteiger partial charge is 0.388 e. The lowest BCUT2D eigenvalue weighted by Gasteiger charge is -2.40. The van der Waals surface area contributed by atoms with E-state index in [1.54, 1.807) is 0 Å². The fourth-order valence-corrected chi connectivity index (χ4v) is 3.32. The van der Waals surface area contributed by atoms with Gasteiger partial charge in [0.05, 0.1) is 17.1 Å². The quantitative estimate of drug-likeness (QED) is 0.650. The van der Waals surface area contributed by atoms with E-state index >= 15 is 0 Å². The van der Waals surface area contributed by atoms with Crippen LogP contribution in [0.15, 0.2) is 0 Å². The lowest BCUT2D eigenvalue weighted by atomic mass is 9.75. The maximum Gasteiger partial charge on any atom is 0.0862 e. The number of fused-ring (bicyclic) bond motifs is 2. The molecule has 0 aromatic heterocycles. The molecule has 2 N–H and O–H groups in total. The van der Waals surface area contributed by atoms with Gasteiger partial charge in [0.1, 0.15) is 0 Å². The van der Waals surface area contributed by atoms with Crippen molar-refractivity contribution in [3.8, 4) is 6.07 Å². The van der Waals surface area contributed by atoms with Crippen molar-refractivity contribution < 1.29 is 5.11 Å². The van der Waals surface area contributed by atoms with Gasteiger partial charge in [-0.1, -0.05) is 0 Å². The Morgan fingerprint density at radius 1 is 1.21 bits per heavy atom. The zero-order valence-corrected chi connectivity index (χ0v) is 8.29. The molecule has 3 nitrogen and oxygen atoms in total. The van der Waals surface area contributed by atoms with Crippen LogP contribution in [0.4, 0.5) is 0 Å². The molecular weight excluding hydrogens is 176 g/mol. The lowest BCUT2D eigenvalue weighted by Crippen LogP contribution is -2.53. The van der Waals surface area contributed by atoms with Crippen molar-refractivity contribution in [3.05, 3.63) is 0 Å². The molecule has 2 unspecified atom stereocenters. The molecule has 2 bridgehead atoms. The van der Waals surface area contributed by atoms with E-state index in [0.717, 1.165) is 25.7 Å². The Morgan fingerprint density at radius 3 is 2.21 bits per heavy atom. The zero-order chi connectivity index (χ0) is 9.81. The summed E-state index contributed by atoms with van der Waals surface area (Å²) in [6, 6.07) is 3.28. The van der Waals surface area contributed by atoms with E-state index in [-0.39, 0.29) is 5.41 Å². The monoisotopic (exact) mass is 192 g/mol. The summed E-state index contributed by atoms with van der Waals surface area (Å²) in [5.41, 5.74) is -1.06. The number of nitriles is 1. The summed E-state index contributed by atoms with van der Waals surface area (Å²) in [4.78, 5) is 0. The fraction of sp³-hybridized carbons (Fsp3) is 0.909.